The second-order valence-corrected chi connectivity index (χ2v) is 4.13. The Kier molecular flexibility index (Phi) is 6.50. The fraction of sp³-hybridized carbons (Fsp3) is 0.400. The number of guanidine groups is 1. The van der Waals surface area contributed by atoms with E-state index in [1.807, 2.05) is 13.0 Å². The van der Waals surface area contributed by atoms with E-state index in [1.165, 1.54) is 5.56 Å². The maximum atomic E-state index is 5.52. The average Bonchev–Trinajstić information content (AvgIpc) is 2.42. The maximum Gasteiger partial charge on any atom is 0.191 e. The normalized spacial score (nSPS) is 11.0. The van der Waals surface area contributed by atoms with Gasteiger partial charge in [0.25, 0.3) is 0 Å². The summed E-state index contributed by atoms with van der Waals surface area (Å²) in [4.78, 5) is 4.13. The molecule has 19 heavy (non-hydrogen) atoms. The quantitative estimate of drug-likeness (QED) is 0.469. The van der Waals surface area contributed by atoms with Gasteiger partial charge in [-0.15, -0.1) is 6.58 Å². The molecule has 104 valence electrons. The Morgan fingerprint density at radius 3 is 2.79 bits per heavy atom. The van der Waals surface area contributed by atoms with E-state index in [0.717, 1.165) is 23.8 Å². The van der Waals surface area contributed by atoms with E-state index >= 15 is 0 Å². The van der Waals surface area contributed by atoms with Gasteiger partial charge in [-0.1, -0.05) is 18.2 Å². The van der Waals surface area contributed by atoms with Crippen LogP contribution in [0.1, 0.15) is 18.1 Å². The summed E-state index contributed by atoms with van der Waals surface area (Å²) in [6, 6.07) is 6.19. The summed E-state index contributed by atoms with van der Waals surface area (Å²) in [5.41, 5.74) is 2.35. The molecule has 4 heteroatoms. The number of ether oxygens (including phenoxy) is 1. The number of nitrogens with one attached hydrogen (secondary N) is 2. The predicted molar refractivity (Wildman–Crippen MR) is 80.7 cm³/mol. The van der Waals surface area contributed by atoms with Gasteiger partial charge in [-0.3, -0.25) is 4.99 Å². The second-order valence-electron chi connectivity index (χ2n) is 4.13. The maximum absolute atomic E-state index is 5.52. The summed E-state index contributed by atoms with van der Waals surface area (Å²) >= 11 is 0. The summed E-state index contributed by atoms with van der Waals surface area (Å²) in [6.45, 7) is 9.82. The lowest BCUT2D eigenvalue weighted by molar-refractivity contribution is 0.338. The number of aryl methyl sites for hydroxylation is 1. The van der Waals surface area contributed by atoms with Crippen molar-refractivity contribution in [2.45, 2.75) is 20.4 Å². The van der Waals surface area contributed by atoms with E-state index in [9.17, 15) is 0 Å². The highest BCUT2D eigenvalue weighted by Crippen LogP contribution is 2.18. The van der Waals surface area contributed by atoms with Gasteiger partial charge in [0.1, 0.15) is 5.75 Å². The first-order valence-electron chi connectivity index (χ1n) is 6.49. The highest BCUT2D eigenvalue weighted by molar-refractivity contribution is 5.79. The second kappa shape index (κ2) is 8.19. The molecule has 2 N–H and O–H groups in total. The Hall–Kier alpha value is -1.97. The minimum Gasteiger partial charge on any atom is -0.494 e. The van der Waals surface area contributed by atoms with Gasteiger partial charge in [0.15, 0.2) is 5.96 Å². The zero-order valence-corrected chi connectivity index (χ0v) is 12.0. The molecule has 0 saturated heterocycles. The van der Waals surface area contributed by atoms with Crippen LogP contribution in [0.2, 0.25) is 0 Å². The van der Waals surface area contributed by atoms with Crippen LogP contribution in [0, 0.1) is 6.92 Å². The Morgan fingerprint density at radius 2 is 2.21 bits per heavy atom. The molecule has 0 aromatic heterocycles. The van der Waals surface area contributed by atoms with Crippen LogP contribution < -0.4 is 15.4 Å². The number of hydrogen-bond acceptors (Lipinski definition) is 2. The van der Waals surface area contributed by atoms with Crippen LogP contribution in [0.25, 0.3) is 0 Å². The van der Waals surface area contributed by atoms with Crippen LogP contribution in [-0.2, 0) is 6.54 Å². The Bertz CT molecular complexity index is 441. The van der Waals surface area contributed by atoms with E-state index in [-0.39, 0.29) is 0 Å². The largest absolute Gasteiger partial charge is 0.494 e. The standard InChI is InChI=1S/C15H23N3O/c1-5-9-17-15(16-4)18-11-13-7-8-14(19-6-2)12(3)10-13/h5,7-8,10H,1,6,9,11H2,2-4H3,(H2,16,17,18). The smallest absolute Gasteiger partial charge is 0.191 e. The van der Waals surface area contributed by atoms with Crippen LogP contribution in [0.5, 0.6) is 5.75 Å². The van der Waals surface area contributed by atoms with Gasteiger partial charge in [-0.25, -0.2) is 0 Å². The van der Waals surface area contributed by atoms with Crippen molar-refractivity contribution in [2.24, 2.45) is 4.99 Å². The van der Waals surface area contributed by atoms with Crippen molar-refractivity contribution >= 4 is 5.96 Å². The topological polar surface area (TPSA) is 45.7 Å². The summed E-state index contributed by atoms with van der Waals surface area (Å²) in [6.07, 6.45) is 1.80. The van der Waals surface area contributed by atoms with E-state index in [1.54, 1.807) is 13.1 Å². The first kappa shape index (κ1) is 15.1. The average molecular weight is 261 g/mol. The summed E-state index contributed by atoms with van der Waals surface area (Å²) in [5.74, 6) is 1.71. The van der Waals surface area contributed by atoms with Gasteiger partial charge in [-0.05, 0) is 31.0 Å². The predicted octanol–water partition coefficient (Wildman–Crippen LogP) is 2.24. The fourth-order valence-corrected chi connectivity index (χ4v) is 1.71. The van der Waals surface area contributed by atoms with Gasteiger partial charge < -0.3 is 15.4 Å². The summed E-state index contributed by atoms with van der Waals surface area (Å²) in [5, 5.41) is 6.38. The number of nitrogens with zero attached hydrogens (tertiary/aromatic N) is 1. The van der Waals surface area contributed by atoms with Crippen molar-refractivity contribution < 1.29 is 4.74 Å². The molecule has 0 bridgehead atoms. The van der Waals surface area contributed by atoms with E-state index in [4.69, 9.17) is 4.74 Å². The van der Waals surface area contributed by atoms with Gasteiger partial charge in [0, 0.05) is 20.1 Å². The van der Waals surface area contributed by atoms with Crippen LogP contribution in [0.15, 0.2) is 35.8 Å². The number of aliphatic imine (C=N–C) groups is 1. The minimum absolute atomic E-state index is 0.691. The number of benzene rings is 1. The van der Waals surface area contributed by atoms with Crippen molar-refractivity contribution in [3.05, 3.63) is 42.0 Å². The van der Waals surface area contributed by atoms with Crippen LogP contribution >= 0.6 is 0 Å². The molecule has 1 aromatic rings. The molecule has 1 aromatic carbocycles. The molecule has 1 rings (SSSR count). The SMILES string of the molecule is C=CCNC(=NC)NCc1ccc(OCC)c(C)c1. The van der Waals surface area contributed by atoms with Crippen molar-refractivity contribution in [3.63, 3.8) is 0 Å². The summed E-state index contributed by atoms with van der Waals surface area (Å²) < 4.78 is 5.52. The van der Waals surface area contributed by atoms with Crippen molar-refractivity contribution in [1.29, 1.82) is 0 Å². The molecule has 0 heterocycles. The Morgan fingerprint density at radius 1 is 1.42 bits per heavy atom. The molecule has 0 aliphatic heterocycles. The third kappa shape index (κ3) is 5.04. The lowest BCUT2D eigenvalue weighted by Crippen LogP contribution is -2.36. The monoisotopic (exact) mass is 261 g/mol. The Labute approximate surface area is 115 Å². The van der Waals surface area contributed by atoms with E-state index in [0.29, 0.717) is 13.2 Å². The van der Waals surface area contributed by atoms with Gasteiger partial charge in [-0.2, -0.15) is 0 Å². The van der Waals surface area contributed by atoms with Gasteiger partial charge >= 0.3 is 0 Å². The molecule has 0 saturated carbocycles. The van der Waals surface area contributed by atoms with Crippen molar-refractivity contribution in [2.75, 3.05) is 20.2 Å². The lowest BCUT2D eigenvalue weighted by atomic mass is 10.1. The zero-order valence-electron chi connectivity index (χ0n) is 12.0. The lowest BCUT2D eigenvalue weighted by Gasteiger charge is -2.12. The third-order valence-corrected chi connectivity index (χ3v) is 2.64. The van der Waals surface area contributed by atoms with Crippen molar-refractivity contribution in [1.82, 2.24) is 10.6 Å². The molecule has 4 nitrogen and oxygen atoms in total. The van der Waals surface area contributed by atoms with Crippen LogP contribution in [0.3, 0.4) is 0 Å². The highest BCUT2D eigenvalue weighted by atomic mass is 16.5. The van der Waals surface area contributed by atoms with Crippen LogP contribution in [0.4, 0.5) is 0 Å². The third-order valence-electron chi connectivity index (χ3n) is 2.64. The molecule has 0 aliphatic rings. The number of rotatable bonds is 6. The molecular formula is C15H23N3O. The van der Waals surface area contributed by atoms with Gasteiger partial charge in [0.05, 0.1) is 6.61 Å². The van der Waals surface area contributed by atoms with E-state index < -0.39 is 0 Å². The van der Waals surface area contributed by atoms with Crippen molar-refractivity contribution in [3.8, 4) is 5.75 Å². The molecule has 0 unspecified atom stereocenters. The summed E-state index contributed by atoms with van der Waals surface area (Å²) in [7, 11) is 1.75. The molecule has 0 aliphatic carbocycles. The minimum atomic E-state index is 0.691. The van der Waals surface area contributed by atoms with E-state index in [2.05, 4.69) is 41.3 Å². The molecule has 0 fully saturated rings. The first-order chi connectivity index (χ1) is 9.21. The fourth-order valence-electron chi connectivity index (χ4n) is 1.71. The molecule has 0 atom stereocenters. The molecule has 0 amide bonds. The zero-order chi connectivity index (χ0) is 14.1. The Balaban J connectivity index is 2.57. The molecular weight excluding hydrogens is 238 g/mol. The highest BCUT2D eigenvalue weighted by Gasteiger charge is 2.01. The molecule has 0 radical (unpaired) electrons. The van der Waals surface area contributed by atoms with Crippen LogP contribution in [-0.4, -0.2) is 26.2 Å². The number of hydrogen-bond donors (Lipinski definition) is 2. The molecule has 0 spiro atoms. The van der Waals surface area contributed by atoms with Gasteiger partial charge in [0.2, 0.25) is 0 Å². The first-order valence-corrected chi connectivity index (χ1v) is 6.49.